The van der Waals surface area contributed by atoms with Crippen LogP contribution in [0.3, 0.4) is 0 Å². The second-order valence-corrected chi connectivity index (χ2v) is 6.58. The first-order valence-electron chi connectivity index (χ1n) is 8.73. The lowest BCUT2D eigenvalue weighted by Crippen LogP contribution is -2.27. The van der Waals surface area contributed by atoms with Gasteiger partial charge in [-0.15, -0.1) is 24.0 Å². The van der Waals surface area contributed by atoms with Crippen LogP contribution >= 0.6 is 24.0 Å². The third kappa shape index (κ3) is 5.85. The fraction of sp³-hybridized carbons (Fsp3) is 0.300. The van der Waals surface area contributed by atoms with E-state index in [1.807, 2.05) is 62.4 Å². The zero-order valence-electron chi connectivity index (χ0n) is 15.4. The van der Waals surface area contributed by atoms with Crippen LogP contribution < -0.4 is 21.1 Å². The number of carbonyl (C=O) groups excluding carboxylic acids is 1. The number of amides is 1. The number of nitrogens with one attached hydrogen (secondary N) is 2. The van der Waals surface area contributed by atoms with E-state index >= 15 is 0 Å². The number of fused-ring (bicyclic) bond motifs is 1. The van der Waals surface area contributed by atoms with Crippen LogP contribution in [0, 0.1) is 0 Å². The van der Waals surface area contributed by atoms with Crippen molar-refractivity contribution in [2.45, 2.75) is 32.3 Å². The SMILES string of the molecule is CC(C)Oc1ccc(NC(N)=NCC2CC(=O)Nc3ccccc32)cc1.I. The van der Waals surface area contributed by atoms with Crippen LogP contribution in [0.4, 0.5) is 11.4 Å². The first-order valence-corrected chi connectivity index (χ1v) is 8.73. The van der Waals surface area contributed by atoms with Crippen LogP contribution in [0.25, 0.3) is 0 Å². The Kier molecular flexibility index (Phi) is 7.46. The molecule has 1 amide bonds. The third-order valence-corrected chi connectivity index (χ3v) is 4.09. The van der Waals surface area contributed by atoms with E-state index in [-0.39, 0.29) is 41.9 Å². The number of ether oxygens (including phenoxy) is 1. The highest BCUT2D eigenvalue weighted by molar-refractivity contribution is 14.0. The van der Waals surface area contributed by atoms with Gasteiger partial charge in [-0.05, 0) is 49.7 Å². The van der Waals surface area contributed by atoms with Crippen molar-refractivity contribution in [3.05, 3.63) is 54.1 Å². The lowest BCUT2D eigenvalue weighted by molar-refractivity contribution is -0.116. The Hall–Kier alpha value is -2.29. The molecular weight excluding hydrogens is 455 g/mol. The number of carbonyl (C=O) groups is 1. The predicted octanol–water partition coefficient (Wildman–Crippen LogP) is 3.94. The van der Waals surface area contributed by atoms with E-state index in [4.69, 9.17) is 10.5 Å². The minimum absolute atomic E-state index is 0. The molecule has 1 heterocycles. The molecule has 1 aliphatic rings. The van der Waals surface area contributed by atoms with Crippen LogP contribution in [0.5, 0.6) is 5.75 Å². The summed E-state index contributed by atoms with van der Waals surface area (Å²) in [5.74, 6) is 1.18. The number of rotatable bonds is 5. The molecule has 27 heavy (non-hydrogen) atoms. The molecule has 0 spiro atoms. The fourth-order valence-corrected chi connectivity index (χ4v) is 2.95. The maximum absolute atomic E-state index is 11.9. The standard InChI is InChI=1S/C20H24N4O2.HI/c1-13(2)26-16-9-7-15(8-10-16)23-20(21)22-12-14-11-19(25)24-18-6-4-3-5-17(14)18;/h3-10,13-14H,11-12H2,1-2H3,(H,24,25)(H3,21,22,23);1H. The number of guanidine groups is 1. The molecule has 7 heteroatoms. The van der Waals surface area contributed by atoms with Gasteiger partial charge in [-0.1, -0.05) is 18.2 Å². The van der Waals surface area contributed by atoms with E-state index in [1.54, 1.807) is 0 Å². The average Bonchev–Trinajstić information content (AvgIpc) is 2.61. The van der Waals surface area contributed by atoms with Gasteiger partial charge >= 0.3 is 0 Å². The van der Waals surface area contributed by atoms with Crippen LogP contribution in [0.15, 0.2) is 53.5 Å². The molecule has 6 nitrogen and oxygen atoms in total. The van der Waals surface area contributed by atoms with Crippen molar-refractivity contribution in [2.75, 3.05) is 17.2 Å². The van der Waals surface area contributed by atoms with E-state index in [0.29, 0.717) is 18.9 Å². The van der Waals surface area contributed by atoms with Gasteiger partial charge in [-0.25, -0.2) is 0 Å². The topological polar surface area (TPSA) is 88.7 Å². The molecule has 1 unspecified atom stereocenters. The van der Waals surface area contributed by atoms with Crippen molar-refractivity contribution in [1.82, 2.24) is 0 Å². The van der Waals surface area contributed by atoms with Gasteiger partial charge in [0.25, 0.3) is 0 Å². The summed E-state index contributed by atoms with van der Waals surface area (Å²) in [6, 6.07) is 15.4. The quantitative estimate of drug-likeness (QED) is 0.344. The summed E-state index contributed by atoms with van der Waals surface area (Å²) in [4.78, 5) is 16.3. The molecule has 0 fully saturated rings. The molecule has 2 aromatic carbocycles. The monoisotopic (exact) mass is 480 g/mol. The number of para-hydroxylation sites is 1. The van der Waals surface area contributed by atoms with Gasteiger partial charge in [-0.3, -0.25) is 9.79 Å². The van der Waals surface area contributed by atoms with Crippen LogP contribution in [-0.2, 0) is 4.79 Å². The second-order valence-electron chi connectivity index (χ2n) is 6.58. The van der Waals surface area contributed by atoms with Gasteiger partial charge in [0.2, 0.25) is 5.91 Å². The number of hydrogen-bond donors (Lipinski definition) is 3. The average molecular weight is 480 g/mol. The highest BCUT2D eigenvalue weighted by atomic mass is 127. The first kappa shape index (κ1) is 21.0. The van der Waals surface area contributed by atoms with Crippen molar-refractivity contribution in [3.8, 4) is 5.75 Å². The Bertz CT molecular complexity index is 806. The number of hydrogen-bond acceptors (Lipinski definition) is 3. The smallest absolute Gasteiger partial charge is 0.225 e. The van der Waals surface area contributed by atoms with E-state index in [9.17, 15) is 4.79 Å². The molecule has 0 radical (unpaired) electrons. The minimum Gasteiger partial charge on any atom is -0.491 e. The predicted molar refractivity (Wildman–Crippen MR) is 120 cm³/mol. The number of halogens is 1. The Balaban J connectivity index is 0.00000261. The Morgan fingerprint density at radius 3 is 2.67 bits per heavy atom. The summed E-state index contributed by atoms with van der Waals surface area (Å²) in [6.45, 7) is 4.43. The molecule has 144 valence electrons. The lowest BCUT2D eigenvalue weighted by atomic mass is 9.91. The number of benzene rings is 2. The number of nitrogens with two attached hydrogens (primary N) is 1. The summed E-state index contributed by atoms with van der Waals surface area (Å²) in [6.07, 6.45) is 0.547. The van der Waals surface area contributed by atoms with Gasteiger partial charge in [0, 0.05) is 23.7 Å². The molecule has 0 saturated heterocycles. The first-order chi connectivity index (χ1) is 12.5. The summed E-state index contributed by atoms with van der Waals surface area (Å²) < 4.78 is 5.62. The molecule has 1 atom stereocenters. The highest BCUT2D eigenvalue weighted by Crippen LogP contribution is 2.32. The Morgan fingerprint density at radius 1 is 1.26 bits per heavy atom. The molecule has 3 rings (SSSR count). The summed E-state index contributed by atoms with van der Waals surface area (Å²) >= 11 is 0. The second kappa shape index (κ2) is 9.59. The van der Waals surface area contributed by atoms with Crippen LogP contribution in [0.1, 0.15) is 31.7 Å². The normalized spacial score (nSPS) is 16.2. The number of anilines is 2. The Labute approximate surface area is 176 Å². The zero-order chi connectivity index (χ0) is 18.5. The zero-order valence-corrected chi connectivity index (χ0v) is 17.8. The molecule has 0 bridgehead atoms. The van der Waals surface area contributed by atoms with E-state index in [1.165, 1.54) is 0 Å². The number of nitrogens with zero attached hydrogens (tertiary/aromatic N) is 1. The summed E-state index contributed by atoms with van der Waals surface area (Å²) in [5.41, 5.74) is 8.79. The van der Waals surface area contributed by atoms with Gasteiger partial charge in [-0.2, -0.15) is 0 Å². The molecule has 0 aromatic heterocycles. The molecule has 0 saturated carbocycles. The molecular formula is C20H25IN4O2. The molecule has 4 N–H and O–H groups in total. The van der Waals surface area contributed by atoms with E-state index in [2.05, 4.69) is 15.6 Å². The van der Waals surface area contributed by atoms with Crippen LogP contribution in [0.2, 0.25) is 0 Å². The lowest BCUT2D eigenvalue weighted by Gasteiger charge is -2.24. The van der Waals surface area contributed by atoms with Crippen molar-refractivity contribution in [1.29, 1.82) is 0 Å². The minimum atomic E-state index is 0. The van der Waals surface area contributed by atoms with Crippen molar-refractivity contribution in [3.63, 3.8) is 0 Å². The van der Waals surface area contributed by atoms with Crippen molar-refractivity contribution in [2.24, 2.45) is 10.7 Å². The maximum Gasteiger partial charge on any atom is 0.225 e. The van der Waals surface area contributed by atoms with Gasteiger partial charge < -0.3 is 21.1 Å². The van der Waals surface area contributed by atoms with E-state index < -0.39 is 0 Å². The molecule has 1 aliphatic heterocycles. The largest absolute Gasteiger partial charge is 0.491 e. The van der Waals surface area contributed by atoms with Crippen molar-refractivity contribution >= 4 is 47.2 Å². The summed E-state index contributed by atoms with van der Waals surface area (Å²) in [5, 5.41) is 5.96. The molecule has 2 aromatic rings. The van der Waals surface area contributed by atoms with E-state index in [0.717, 1.165) is 22.7 Å². The van der Waals surface area contributed by atoms with Gasteiger partial charge in [0.05, 0.1) is 12.6 Å². The highest BCUT2D eigenvalue weighted by Gasteiger charge is 2.24. The number of aliphatic imine (C=N–C) groups is 1. The van der Waals surface area contributed by atoms with Crippen molar-refractivity contribution < 1.29 is 9.53 Å². The third-order valence-electron chi connectivity index (χ3n) is 4.09. The Morgan fingerprint density at radius 2 is 1.96 bits per heavy atom. The van der Waals surface area contributed by atoms with Gasteiger partial charge in [0.1, 0.15) is 5.75 Å². The fourth-order valence-electron chi connectivity index (χ4n) is 2.95. The summed E-state index contributed by atoms with van der Waals surface area (Å²) in [7, 11) is 0. The maximum atomic E-state index is 11.9. The molecule has 0 aliphatic carbocycles. The van der Waals surface area contributed by atoms with Crippen LogP contribution in [-0.4, -0.2) is 24.5 Å². The van der Waals surface area contributed by atoms with Gasteiger partial charge in [0.15, 0.2) is 5.96 Å².